The number of amides is 1. The third-order valence-electron chi connectivity index (χ3n) is 6.49. The third kappa shape index (κ3) is 26.4. The van der Waals surface area contributed by atoms with Crippen LogP contribution in [0.5, 0.6) is 0 Å². The molecule has 286 valence electrons. The van der Waals surface area contributed by atoms with Crippen LogP contribution >= 0.6 is 0 Å². The van der Waals surface area contributed by atoms with Gasteiger partial charge in [0.1, 0.15) is 31.2 Å². The van der Waals surface area contributed by atoms with Crippen LogP contribution in [0.1, 0.15) is 90.1 Å². The van der Waals surface area contributed by atoms with Crippen molar-refractivity contribution >= 4 is 17.7 Å². The molecular weight excluding hydrogens is 645 g/mol. The highest BCUT2D eigenvalue weighted by Crippen LogP contribution is 2.13. The summed E-state index contributed by atoms with van der Waals surface area (Å²) in [6, 6.07) is 4.77. The number of halogens is 1. The number of hydrogen-bond acceptors (Lipinski definition) is 9. The Labute approximate surface area is 300 Å². The van der Waals surface area contributed by atoms with Crippen LogP contribution in [-0.4, -0.2) is 91.8 Å². The Hall–Kier alpha value is -3.48. The van der Waals surface area contributed by atoms with Gasteiger partial charge >= 0.3 is 5.97 Å². The number of esters is 1. The van der Waals surface area contributed by atoms with E-state index in [2.05, 4.69) is 31.2 Å². The minimum atomic E-state index is -0.465. The molecule has 0 spiro atoms. The van der Waals surface area contributed by atoms with E-state index in [-0.39, 0.29) is 67.5 Å². The van der Waals surface area contributed by atoms with E-state index >= 15 is 0 Å². The number of aliphatic hydroxyl groups is 1. The summed E-state index contributed by atoms with van der Waals surface area (Å²) in [7, 11) is 2.98. The first-order chi connectivity index (χ1) is 23.4. The molecule has 10 nitrogen and oxygen atoms in total. The van der Waals surface area contributed by atoms with Gasteiger partial charge in [-0.25, -0.2) is 14.2 Å². The Morgan fingerprint density at radius 2 is 1.28 bits per heavy atom. The van der Waals surface area contributed by atoms with Crippen molar-refractivity contribution in [3.63, 3.8) is 0 Å². The Bertz CT molecular complexity index is 1130. The van der Waals surface area contributed by atoms with E-state index in [0.717, 1.165) is 30.7 Å². The summed E-state index contributed by atoms with van der Waals surface area (Å²) in [5, 5.41) is 9.68. The van der Waals surface area contributed by atoms with Crippen molar-refractivity contribution in [1.29, 1.82) is 0 Å². The molecule has 0 bridgehead atoms. The average Bonchev–Trinajstić information content (AvgIpc) is 3.09. The van der Waals surface area contributed by atoms with Crippen LogP contribution in [0.4, 0.5) is 4.39 Å². The van der Waals surface area contributed by atoms with Crippen LogP contribution in [0.25, 0.3) is 0 Å². The van der Waals surface area contributed by atoms with Gasteiger partial charge in [0.2, 0.25) is 0 Å². The molecule has 50 heavy (non-hydrogen) atoms. The molecule has 1 rings (SSSR count). The molecule has 4 atom stereocenters. The molecular formula is C39H64FNO9. The molecule has 0 aliphatic carbocycles. The normalized spacial score (nSPS) is 12.7. The van der Waals surface area contributed by atoms with E-state index in [1.165, 1.54) is 19.3 Å². The van der Waals surface area contributed by atoms with Crippen molar-refractivity contribution in [3.05, 3.63) is 85.8 Å². The van der Waals surface area contributed by atoms with E-state index in [0.29, 0.717) is 5.56 Å². The lowest BCUT2D eigenvalue weighted by molar-refractivity contribution is -0.174. The number of benzene rings is 1. The van der Waals surface area contributed by atoms with Crippen molar-refractivity contribution in [2.45, 2.75) is 111 Å². The highest BCUT2D eigenvalue weighted by Gasteiger charge is 2.17. The van der Waals surface area contributed by atoms with E-state index in [9.17, 15) is 18.8 Å². The van der Waals surface area contributed by atoms with E-state index < -0.39 is 11.4 Å². The number of hydrogen-bond donors (Lipinski definition) is 1. The van der Waals surface area contributed by atoms with Crippen molar-refractivity contribution in [2.24, 2.45) is 0 Å². The summed E-state index contributed by atoms with van der Waals surface area (Å²) in [6.07, 6.45) is 9.08. The maximum atomic E-state index is 13.6. The first kappa shape index (κ1) is 50.9. The molecule has 1 amide bonds. The van der Waals surface area contributed by atoms with E-state index in [1.807, 2.05) is 48.5 Å². The number of likely N-dealkylation sites (N-methyl/N-ethyl adjacent to an activating group) is 1. The fourth-order valence-corrected chi connectivity index (χ4v) is 3.26. The van der Waals surface area contributed by atoms with Gasteiger partial charge in [0.15, 0.2) is 5.78 Å². The number of carbonyl (C=O) groups excluding carboxylic acids is 3. The van der Waals surface area contributed by atoms with Gasteiger partial charge in [-0.2, -0.15) is 0 Å². The Morgan fingerprint density at radius 3 is 1.64 bits per heavy atom. The lowest BCUT2D eigenvalue weighted by Crippen LogP contribution is -2.30. The smallest absolute Gasteiger partial charge is 0.332 e. The Kier molecular flexibility index (Phi) is 30.9. The standard InChI is InChI=1S/C14H17FO2.C11H20O3.C9H17NO3.C5H10O/c1-4-11(5-2)17-9-13(16)12-8-6-7-10(3)14(12)15;1-6-9(7-2)13-8-10(12)14-11(3,4)5;1-5-8(6-2)13-7-9(11)10(3)12-4;1-3-5(6)4-2/h4,6-8,11H,1,5,9H2,2-3H3;6,9H,1,7-8H2,2-5H3;5,8H,1,6-7H2,2-4H3;3,5-6H,1,4H2,2H3/t11-;9-;8-;5-/m0000/s1. The van der Waals surface area contributed by atoms with Gasteiger partial charge < -0.3 is 24.1 Å². The van der Waals surface area contributed by atoms with Gasteiger partial charge in [-0.15, -0.1) is 26.3 Å². The molecule has 1 aromatic rings. The second-order valence-electron chi connectivity index (χ2n) is 11.7. The fourth-order valence-electron chi connectivity index (χ4n) is 3.26. The van der Waals surface area contributed by atoms with Crippen molar-refractivity contribution in [3.8, 4) is 0 Å². The van der Waals surface area contributed by atoms with Gasteiger partial charge in [-0.05, 0) is 65.0 Å². The number of aliphatic hydroxyl groups excluding tert-OH is 1. The van der Waals surface area contributed by atoms with Crippen LogP contribution in [0.15, 0.2) is 68.8 Å². The first-order valence-corrected chi connectivity index (χ1v) is 16.8. The van der Waals surface area contributed by atoms with Crippen molar-refractivity contribution < 1.29 is 47.7 Å². The molecule has 0 fully saturated rings. The monoisotopic (exact) mass is 709 g/mol. The third-order valence-corrected chi connectivity index (χ3v) is 6.49. The van der Waals surface area contributed by atoms with Gasteiger partial charge in [0.05, 0.1) is 37.1 Å². The van der Waals surface area contributed by atoms with E-state index in [4.69, 9.17) is 24.1 Å². The Morgan fingerprint density at radius 1 is 0.820 bits per heavy atom. The molecule has 0 aromatic heterocycles. The van der Waals surface area contributed by atoms with Crippen molar-refractivity contribution in [2.75, 3.05) is 34.0 Å². The van der Waals surface area contributed by atoms with Gasteiger partial charge in [0.25, 0.3) is 5.91 Å². The average molecular weight is 710 g/mol. The molecule has 0 aliphatic rings. The number of hydroxylamine groups is 2. The van der Waals surface area contributed by atoms with Crippen molar-refractivity contribution in [1.82, 2.24) is 5.06 Å². The van der Waals surface area contributed by atoms with Crippen LogP contribution < -0.4 is 0 Å². The number of carbonyl (C=O) groups is 3. The van der Waals surface area contributed by atoms with Gasteiger partial charge in [0, 0.05) is 7.05 Å². The lowest BCUT2D eigenvalue weighted by atomic mass is 10.1. The minimum Gasteiger partial charge on any atom is -0.458 e. The highest BCUT2D eigenvalue weighted by atomic mass is 19.1. The maximum Gasteiger partial charge on any atom is 0.332 e. The number of nitrogens with zero attached hydrogens (tertiary/aromatic N) is 1. The summed E-state index contributed by atoms with van der Waals surface area (Å²) < 4.78 is 34.5. The second kappa shape index (κ2) is 30.4. The maximum absolute atomic E-state index is 13.6. The first-order valence-electron chi connectivity index (χ1n) is 16.8. The van der Waals surface area contributed by atoms with Gasteiger partial charge in [-0.3, -0.25) is 14.4 Å². The summed E-state index contributed by atoms with van der Waals surface area (Å²) in [5.74, 6) is -1.35. The second-order valence-corrected chi connectivity index (χ2v) is 11.7. The predicted octanol–water partition coefficient (Wildman–Crippen LogP) is 7.54. The van der Waals surface area contributed by atoms with Crippen LogP contribution in [-0.2, 0) is 33.4 Å². The fraction of sp³-hybridized carbons (Fsp3) is 0.564. The molecule has 1 aromatic carbocycles. The minimum absolute atomic E-state index is 0.0121. The molecule has 0 saturated carbocycles. The SMILES string of the molecule is C=C[C@@H](CC)OCC(=O)N(C)OC.C=C[C@@H](CC)OCC(=O)OC(C)(C)C.C=C[C@@H](CC)OCC(=O)c1cccc(C)c1F.C=C[C@H](O)CC. The number of rotatable bonds is 19. The number of ketones is 1. The zero-order valence-electron chi connectivity index (χ0n) is 32.2. The summed E-state index contributed by atoms with van der Waals surface area (Å²) in [5.41, 5.74) is 0.103. The van der Waals surface area contributed by atoms with E-state index in [1.54, 1.807) is 44.3 Å². The molecule has 0 unspecified atom stereocenters. The molecule has 1 N–H and O–H groups in total. The topological polar surface area (TPSA) is 121 Å². The Balaban J connectivity index is -0.000000618. The highest BCUT2D eigenvalue weighted by molar-refractivity contribution is 5.97. The largest absolute Gasteiger partial charge is 0.458 e. The zero-order chi connectivity index (χ0) is 39.3. The summed E-state index contributed by atoms with van der Waals surface area (Å²) in [4.78, 5) is 38.8. The summed E-state index contributed by atoms with van der Waals surface area (Å²) in [6.45, 7) is 29.0. The van der Waals surface area contributed by atoms with Crippen LogP contribution in [0.2, 0.25) is 0 Å². The summed E-state index contributed by atoms with van der Waals surface area (Å²) >= 11 is 0. The molecule has 0 radical (unpaired) electrons. The zero-order valence-corrected chi connectivity index (χ0v) is 32.2. The molecule has 0 aliphatic heterocycles. The van der Waals surface area contributed by atoms with Gasteiger partial charge in [-0.1, -0.05) is 64.1 Å². The number of ether oxygens (including phenoxy) is 4. The number of Topliss-reactive ketones (excluding diaryl/α,β-unsaturated/α-hetero) is 1. The lowest BCUT2D eigenvalue weighted by Gasteiger charge is -2.20. The molecule has 11 heteroatoms. The number of aryl methyl sites for hydroxylation is 1. The molecule has 0 heterocycles. The molecule has 0 saturated heterocycles. The predicted molar refractivity (Wildman–Crippen MR) is 198 cm³/mol. The quantitative estimate of drug-likeness (QED) is 0.0672. The van der Waals surface area contributed by atoms with Crippen LogP contribution in [0.3, 0.4) is 0 Å². The van der Waals surface area contributed by atoms with Crippen LogP contribution in [0, 0.1) is 12.7 Å².